The number of benzene rings is 1. The highest BCUT2D eigenvalue weighted by Crippen LogP contribution is 2.35. The summed E-state index contributed by atoms with van der Waals surface area (Å²) in [5.41, 5.74) is 4.21. The minimum Gasteiger partial charge on any atom is -0.333 e. The van der Waals surface area contributed by atoms with E-state index in [2.05, 4.69) is 16.7 Å². The van der Waals surface area contributed by atoms with Gasteiger partial charge in [-0.2, -0.15) is 5.10 Å². The fourth-order valence-electron chi connectivity index (χ4n) is 4.65. The van der Waals surface area contributed by atoms with Gasteiger partial charge >= 0.3 is 0 Å². The predicted molar refractivity (Wildman–Crippen MR) is 106 cm³/mol. The molecule has 2 aliphatic rings. The molecule has 3 aromatic rings. The summed E-state index contributed by atoms with van der Waals surface area (Å²) in [7, 11) is 2.12. The summed E-state index contributed by atoms with van der Waals surface area (Å²) in [6, 6.07) is 9.67. The quantitative estimate of drug-likeness (QED) is 0.704. The van der Waals surface area contributed by atoms with E-state index >= 15 is 0 Å². The van der Waals surface area contributed by atoms with Crippen LogP contribution in [0.15, 0.2) is 42.7 Å². The van der Waals surface area contributed by atoms with Crippen LogP contribution in [0.2, 0.25) is 0 Å². The molecule has 28 heavy (non-hydrogen) atoms. The Balaban J connectivity index is 1.45. The lowest BCUT2D eigenvalue weighted by atomic mass is 10.0. The maximum atomic E-state index is 13.4. The molecule has 144 valence electrons. The average Bonchev–Trinajstić information content (AvgIpc) is 3.48. The molecule has 1 aliphatic carbocycles. The number of aryl methyl sites for hydroxylation is 1. The topological polar surface area (TPSA) is 56.0 Å². The Bertz CT molecular complexity index is 1000. The van der Waals surface area contributed by atoms with Crippen LogP contribution in [0.25, 0.3) is 5.69 Å². The maximum absolute atomic E-state index is 13.4. The van der Waals surface area contributed by atoms with Gasteiger partial charge in [0.15, 0.2) is 0 Å². The Labute approximate surface area is 164 Å². The second-order valence-electron chi connectivity index (χ2n) is 7.79. The predicted octanol–water partition coefficient (Wildman–Crippen LogP) is 3.46. The van der Waals surface area contributed by atoms with Crippen molar-refractivity contribution in [3.05, 3.63) is 65.5 Å². The number of likely N-dealkylation sites (tertiary alicyclic amines) is 1. The summed E-state index contributed by atoms with van der Waals surface area (Å²) in [6.45, 7) is 0.785. The number of nitrogens with zero attached hydrogens (tertiary/aromatic N) is 5. The van der Waals surface area contributed by atoms with E-state index in [1.165, 1.54) is 24.2 Å². The van der Waals surface area contributed by atoms with Crippen LogP contribution in [0.3, 0.4) is 0 Å². The highest BCUT2D eigenvalue weighted by molar-refractivity contribution is 5.95. The standard InChI is InChI=1S/C22H25N5O/c1-25-19-10-3-2-9-18(19)24-21(25)20-11-5-13-26(20)22(28)16-7-4-8-17(15-16)27-14-6-12-23-27/h4,6-8,12,14-15,20H,2-3,5,9-11,13H2,1H3. The molecule has 2 aromatic heterocycles. The van der Waals surface area contributed by atoms with Crippen LogP contribution in [-0.4, -0.2) is 36.7 Å². The van der Waals surface area contributed by atoms with Crippen molar-refractivity contribution < 1.29 is 4.79 Å². The van der Waals surface area contributed by atoms with Gasteiger partial charge < -0.3 is 9.47 Å². The summed E-state index contributed by atoms with van der Waals surface area (Å²) in [5, 5.41) is 4.27. The van der Waals surface area contributed by atoms with Crippen LogP contribution in [0, 0.1) is 0 Å². The largest absolute Gasteiger partial charge is 0.333 e. The molecule has 1 amide bonds. The molecule has 0 bridgehead atoms. The highest BCUT2D eigenvalue weighted by Gasteiger charge is 2.34. The van der Waals surface area contributed by atoms with Crippen LogP contribution in [0.5, 0.6) is 0 Å². The summed E-state index contributed by atoms with van der Waals surface area (Å²) >= 11 is 0. The molecule has 1 saturated heterocycles. The van der Waals surface area contributed by atoms with Crippen molar-refractivity contribution in [3.63, 3.8) is 0 Å². The molecular weight excluding hydrogens is 350 g/mol. The number of amides is 1. The smallest absolute Gasteiger partial charge is 0.254 e. The van der Waals surface area contributed by atoms with Gasteiger partial charge in [0.25, 0.3) is 5.91 Å². The molecule has 1 atom stereocenters. The van der Waals surface area contributed by atoms with Gasteiger partial charge in [0.05, 0.1) is 17.4 Å². The Kier molecular flexibility index (Phi) is 4.26. The summed E-state index contributed by atoms with van der Waals surface area (Å²) in [6.07, 6.45) is 10.3. The average molecular weight is 375 g/mol. The van der Waals surface area contributed by atoms with Crippen LogP contribution < -0.4 is 0 Å². The molecule has 1 fully saturated rings. The highest BCUT2D eigenvalue weighted by atomic mass is 16.2. The first-order valence-corrected chi connectivity index (χ1v) is 10.2. The second-order valence-corrected chi connectivity index (χ2v) is 7.79. The molecule has 1 unspecified atom stereocenters. The van der Waals surface area contributed by atoms with Gasteiger partial charge in [0.1, 0.15) is 5.82 Å². The molecule has 1 aliphatic heterocycles. The number of carbonyl (C=O) groups excluding carboxylic acids is 1. The third-order valence-corrected chi connectivity index (χ3v) is 6.08. The van der Waals surface area contributed by atoms with Gasteiger partial charge in [-0.25, -0.2) is 9.67 Å². The van der Waals surface area contributed by atoms with Gasteiger partial charge in [-0.3, -0.25) is 4.79 Å². The lowest BCUT2D eigenvalue weighted by molar-refractivity contribution is 0.0728. The van der Waals surface area contributed by atoms with E-state index in [0.29, 0.717) is 5.56 Å². The van der Waals surface area contributed by atoms with Gasteiger partial charge in [-0.15, -0.1) is 0 Å². The third-order valence-electron chi connectivity index (χ3n) is 6.08. The first kappa shape index (κ1) is 17.2. The zero-order valence-corrected chi connectivity index (χ0v) is 16.2. The first-order valence-electron chi connectivity index (χ1n) is 10.2. The Morgan fingerprint density at radius 3 is 2.86 bits per heavy atom. The van der Waals surface area contributed by atoms with Gasteiger partial charge in [0.2, 0.25) is 0 Å². The zero-order chi connectivity index (χ0) is 19.1. The summed E-state index contributed by atoms with van der Waals surface area (Å²) in [5.74, 6) is 1.14. The van der Waals surface area contributed by atoms with E-state index in [-0.39, 0.29) is 11.9 Å². The molecule has 0 N–H and O–H groups in total. The molecule has 1 aromatic carbocycles. The normalized spacial score (nSPS) is 19.0. The van der Waals surface area contributed by atoms with E-state index in [1.54, 1.807) is 10.9 Å². The lowest BCUT2D eigenvalue weighted by Crippen LogP contribution is -2.32. The Hall–Kier alpha value is -2.89. The molecular formula is C22H25N5O. The SMILES string of the molecule is Cn1c(C2CCCN2C(=O)c2cccc(-n3cccn3)c2)nc2c1CCCC2. The van der Waals surface area contributed by atoms with Crippen molar-refractivity contribution in [3.8, 4) is 5.69 Å². The minimum absolute atomic E-state index is 0.0662. The fourth-order valence-corrected chi connectivity index (χ4v) is 4.65. The van der Waals surface area contributed by atoms with E-state index in [1.807, 2.05) is 41.4 Å². The van der Waals surface area contributed by atoms with Crippen molar-refractivity contribution >= 4 is 5.91 Å². The summed E-state index contributed by atoms with van der Waals surface area (Å²) in [4.78, 5) is 20.3. The van der Waals surface area contributed by atoms with Crippen LogP contribution in [0.4, 0.5) is 0 Å². The number of rotatable bonds is 3. The summed E-state index contributed by atoms with van der Waals surface area (Å²) < 4.78 is 4.04. The van der Waals surface area contributed by atoms with Crippen LogP contribution >= 0.6 is 0 Å². The van der Waals surface area contributed by atoms with Crippen LogP contribution in [-0.2, 0) is 19.9 Å². The van der Waals surface area contributed by atoms with Crippen molar-refractivity contribution in [1.82, 2.24) is 24.2 Å². The minimum atomic E-state index is 0.0662. The number of imidazole rings is 1. The molecule has 5 rings (SSSR count). The number of carbonyl (C=O) groups is 1. The monoisotopic (exact) mass is 375 g/mol. The van der Waals surface area contributed by atoms with Gasteiger partial charge in [-0.05, 0) is 62.8 Å². The van der Waals surface area contributed by atoms with Crippen molar-refractivity contribution in [1.29, 1.82) is 0 Å². The zero-order valence-electron chi connectivity index (χ0n) is 16.2. The number of aromatic nitrogens is 4. The number of hydrogen-bond donors (Lipinski definition) is 0. The molecule has 0 saturated carbocycles. The van der Waals surface area contributed by atoms with E-state index in [9.17, 15) is 4.79 Å². The molecule has 6 nitrogen and oxygen atoms in total. The van der Waals surface area contributed by atoms with Crippen molar-refractivity contribution in [2.24, 2.45) is 7.05 Å². The van der Waals surface area contributed by atoms with E-state index in [4.69, 9.17) is 4.98 Å². The number of hydrogen-bond acceptors (Lipinski definition) is 3. The molecule has 0 spiro atoms. The first-order chi connectivity index (χ1) is 13.7. The van der Waals surface area contributed by atoms with Gasteiger partial charge in [-0.1, -0.05) is 6.07 Å². The van der Waals surface area contributed by atoms with Crippen LogP contribution in [0.1, 0.15) is 59.3 Å². The fraction of sp³-hybridized carbons (Fsp3) is 0.409. The Morgan fingerprint density at radius 2 is 2.04 bits per heavy atom. The van der Waals surface area contributed by atoms with Crippen molar-refractivity contribution in [2.45, 2.75) is 44.6 Å². The lowest BCUT2D eigenvalue weighted by Gasteiger charge is -2.25. The Morgan fingerprint density at radius 1 is 1.14 bits per heavy atom. The maximum Gasteiger partial charge on any atom is 0.254 e. The molecule has 0 radical (unpaired) electrons. The van der Waals surface area contributed by atoms with Gasteiger partial charge in [0, 0.05) is 37.2 Å². The van der Waals surface area contributed by atoms with E-state index in [0.717, 1.165) is 43.7 Å². The number of fused-ring (bicyclic) bond motifs is 1. The van der Waals surface area contributed by atoms with Crippen molar-refractivity contribution in [2.75, 3.05) is 6.54 Å². The molecule has 3 heterocycles. The molecule has 6 heteroatoms. The third kappa shape index (κ3) is 2.84. The van der Waals surface area contributed by atoms with E-state index < -0.39 is 0 Å². The second kappa shape index (κ2) is 6.93.